The first-order valence-electron chi connectivity index (χ1n) is 7.49. The summed E-state index contributed by atoms with van der Waals surface area (Å²) < 4.78 is 0. The van der Waals surface area contributed by atoms with Crippen LogP contribution in [0, 0.1) is 0 Å². The van der Waals surface area contributed by atoms with Crippen LogP contribution < -0.4 is 5.32 Å². The summed E-state index contributed by atoms with van der Waals surface area (Å²) in [6, 6.07) is 6.78. The third-order valence-electron chi connectivity index (χ3n) is 3.83. The fourth-order valence-electron chi connectivity index (χ4n) is 2.80. The molecule has 22 heavy (non-hydrogen) atoms. The highest BCUT2D eigenvalue weighted by Crippen LogP contribution is 2.21. The van der Waals surface area contributed by atoms with Crippen LogP contribution in [0.4, 0.5) is 0 Å². The highest BCUT2D eigenvalue weighted by atomic mass is 35.5. The molecule has 2 atom stereocenters. The molecule has 0 radical (unpaired) electrons. The summed E-state index contributed by atoms with van der Waals surface area (Å²) >= 11 is 5.96. The lowest BCUT2D eigenvalue weighted by Gasteiger charge is -2.25. The average Bonchev–Trinajstić information content (AvgIpc) is 2.92. The number of hydrogen-bond donors (Lipinski definition) is 2. The average molecular weight is 325 g/mol. The van der Waals surface area contributed by atoms with E-state index in [0.29, 0.717) is 23.6 Å². The third-order valence-corrected chi connectivity index (χ3v) is 4.16. The van der Waals surface area contributed by atoms with Gasteiger partial charge in [0.25, 0.3) is 5.91 Å². The predicted molar refractivity (Wildman–Crippen MR) is 84.8 cm³/mol. The molecule has 1 heterocycles. The van der Waals surface area contributed by atoms with Crippen molar-refractivity contribution >= 4 is 23.4 Å². The number of hydrogen-bond acceptors (Lipinski definition) is 3. The Morgan fingerprint density at radius 1 is 1.45 bits per heavy atom. The van der Waals surface area contributed by atoms with E-state index in [1.807, 2.05) is 0 Å². The number of rotatable bonds is 5. The van der Waals surface area contributed by atoms with Crippen LogP contribution in [0.3, 0.4) is 0 Å². The van der Waals surface area contributed by atoms with Gasteiger partial charge in [-0.1, -0.05) is 23.7 Å². The number of benzene rings is 1. The predicted octanol–water partition coefficient (Wildman–Crippen LogP) is 1.83. The van der Waals surface area contributed by atoms with Crippen molar-refractivity contribution in [2.24, 2.45) is 0 Å². The topological polar surface area (TPSA) is 69.6 Å². The molecule has 120 valence electrons. The van der Waals surface area contributed by atoms with Crippen molar-refractivity contribution in [2.45, 2.75) is 38.3 Å². The van der Waals surface area contributed by atoms with Crippen molar-refractivity contribution in [3.63, 3.8) is 0 Å². The smallest absolute Gasteiger partial charge is 0.253 e. The van der Waals surface area contributed by atoms with Gasteiger partial charge >= 0.3 is 0 Å². The fraction of sp³-hybridized carbons (Fsp3) is 0.500. The van der Waals surface area contributed by atoms with Crippen molar-refractivity contribution in [2.75, 3.05) is 13.1 Å². The lowest BCUT2D eigenvalue weighted by atomic mass is 10.1. The molecule has 2 rings (SSSR count). The molecule has 1 fully saturated rings. The van der Waals surface area contributed by atoms with Gasteiger partial charge in [0.15, 0.2) is 0 Å². The van der Waals surface area contributed by atoms with Crippen LogP contribution in [0.5, 0.6) is 0 Å². The molecule has 0 aromatic heterocycles. The van der Waals surface area contributed by atoms with E-state index in [1.165, 1.54) is 0 Å². The number of carbonyl (C=O) groups excluding carboxylic acids is 2. The Hall–Kier alpha value is -1.59. The molecule has 2 N–H and O–H groups in total. The van der Waals surface area contributed by atoms with Gasteiger partial charge in [0.1, 0.15) is 0 Å². The summed E-state index contributed by atoms with van der Waals surface area (Å²) in [6.45, 7) is 2.35. The van der Waals surface area contributed by atoms with Crippen LogP contribution >= 0.6 is 11.6 Å². The maximum Gasteiger partial charge on any atom is 0.253 e. The normalized spacial score (nSPS) is 19.0. The Kier molecular flexibility index (Phi) is 5.80. The van der Waals surface area contributed by atoms with Gasteiger partial charge in [-0.3, -0.25) is 9.59 Å². The van der Waals surface area contributed by atoms with Crippen LogP contribution in [0.2, 0.25) is 5.02 Å². The van der Waals surface area contributed by atoms with Gasteiger partial charge in [0.05, 0.1) is 23.2 Å². The van der Waals surface area contributed by atoms with Crippen molar-refractivity contribution in [1.82, 2.24) is 10.2 Å². The number of aliphatic hydroxyl groups is 1. The molecule has 1 aromatic carbocycles. The number of carbonyl (C=O) groups is 2. The second-order valence-corrected chi connectivity index (χ2v) is 6.04. The van der Waals surface area contributed by atoms with Gasteiger partial charge in [0, 0.05) is 12.6 Å². The molecule has 0 unspecified atom stereocenters. The van der Waals surface area contributed by atoms with Gasteiger partial charge in [-0.05, 0) is 38.3 Å². The van der Waals surface area contributed by atoms with E-state index in [9.17, 15) is 14.7 Å². The SMILES string of the molecule is C[C@@H](O)C[C@@H]1CCCN1C(=O)CNC(=O)c1ccccc1Cl. The third kappa shape index (κ3) is 4.21. The van der Waals surface area contributed by atoms with E-state index >= 15 is 0 Å². The summed E-state index contributed by atoms with van der Waals surface area (Å²) in [7, 11) is 0. The minimum atomic E-state index is -0.434. The van der Waals surface area contributed by atoms with Crippen LogP contribution in [0.25, 0.3) is 0 Å². The minimum absolute atomic E-state index is 0.0552. The van der Waals surface area contributed by atoms with Gasteiger partial charge in [-0.25, -0.2) is 0 Å². The van der Waals surface area contributed by atoms with E-state index in [2.05, 4.69) is 5.32 Å². The van der Waals surface area contributed by atoms with Crippen LogP contribution in [-0.2, 0) is 4.79 Å². The highest BCUT2D eigenvalue weighted by Gasteiger charge is 2.29. The molecule has 2 amide bonds. The van der Waals surface area contributed by atoms with Crippen molar-refractivity contribution < 1.29 is 14.7 Å². The lowest BCUT2D eigenvalue weighted by Crippen LogP contribution is -2.43. The highest BCUT2D eigenvalue weighted by molar-refractivity contribution is 6.33. The van der Waals surface area contributed by atoms with Crippen molar-refractivity contribution in [3.8, 4) is 0 Å². The summed E-state index contributed by atoms with van der Waals surface area (Å²) in [5.41, 5.74) is 0.360. The van der Waals surface area contributed by atoms with E-state index in [0.717, 1.165) is 12.8 Å². The first kappa shape index (κ1) is 16.8. The van der Waals surface area contributed by atoms with E-state index in [4.69, 9.17) is 11.6 Å². The largest absolute Gasteiger partial charge is 0.393 e. The standard InChI is InChI=1S/C16H21ClN2O3/c1-11(20)9-12-5-4-8-19(12)15(21)10-18-16(22)13-6-2-3-7-14(13)17/h2-3,6-7,11-12,20H,4-5,8-10H2,1H3,(H,18,22)/t11-,12+/m1/s1. The Balaban J connectivity index is 1.90. The second-order valence-electron chi connectivity index (χ2n) is 5.63. The number of nitrogens with one attached hydrogen (secondary N) is 1. The second kappa shape index (κ2) is 7.61. The number of nitrogens with zero attached hydrogens (tertiary/aromatic N) is 1. The first-order valence-corrected chi connectivity index (χ1v) is 7.87. The first-order chi connectivity index (χ1) is 10.5. The Bertz CT molecular complexity index is 548. The molecule has 5 nitrogen and oxygen atoms in total. The maximum atomic E-state index is 12.3. The number of aliphatic hydroxyl groups excluding tert-OH is 1. The zero-order valence-corrected chi connectivity index (χ0v) is 13.3. The van der Waals surface area contributed by atoms with E-state index < -0.39 is 6.10 Å². The summed E-state index contributed by atoms with van der Waals surface area (Å²) in [5, 5.41) is 12.5. The minimum Gasteiger partial charge on any atom is -0.393 e. The van der Waals surface area contributed by atoms with Crippen LogP contribution in [0.15, 0.2) is 24.3 Å². The molecular weight excluding hydrogens is 304 g/mol. The lowest BCUT2D eigenvalue weighted by molar-refractivity contribution is -0.131. The van der Waals surface area contributed by atoms with Gasteiger partial charge in [0.2, 0.25) is 5.91 Å². The molecule has 6 heteroatoms. The van der Waals surface area contributed by atoms with Crippen molar-refractivity contribution in [1.29, 1.82) is 0 Å². The summed E-state index contributed by atoms with van der Waals surface area (Å²) in [5.74, 6) is -0.478. The van der Waals surface area contributed by atoms with Crippen molar-refractivity contribution in [3.05, 3.63) is 34.9 Å². The molecule has 0 aliphatic carbocycles. The maximum absolute atomic E-state index is 12.3. The Morgan fingerprint density at radius 2 is 2.18 bits per heavy atom. The number of amides is 2. The number of halogens is 1. The molecule has 0 spiro atoms. The summed E-state index contributed by atoms with van der Waals surface area (Å²) in [4.78, 5) is 26.0. The van der Waals surface area contributed by atoms with Gasteiger partial charge in [-0.2, -0.15) is 0 Å². The molecule has 1 aromatic rings. The molecule has 1 saturated heterocycles. The zero-order chi connectivity index (χ0) is 16.1. The quantitative estimate of drug-likeness (QED) is 0.868. The molecule has 0 bridgehead atoms. The van der Waals surface area contributed by atoms with Gasteiger partial charge in [-0.15, -0.1) is 0 Å². The van der Waals surface area contributed by atoms with E-state index in [1.54, 1.807) is 36.1 Å². The molecule has 0 saturated carbocycles. The van der Waals surface area contributed by atoms with E-state index in [-0.39, 0.29) is 24.4 Å². The fourth-order valence-corrected chi connectivity index (χ4v) is 3.02. The molecule has 1 aliphatic heterocycles. The molecule has 1 aliphatic rings. The van der Waals surface area contributed by atoms with Crippen LogP contribution in [-0.4, -0.2) is 47.1 Å². The van der Waals surface area contributed by atoms with Crippen LogP contribution in [0.1, 0.15) is 36.5 Å². The summed E-state index contributed by atoms with van der Waals surface area (Å²) in [6.07, 6.45) is 1.97. The number of likely N-dealkylation sites (tertiary alicyclic amines) is 1. The Labute approximate surface area is 135 Å². The Morgan fingerprint density at radius 3 is 2.86 bits per heavy atom. The molecular formula is C16H21ClN2O3. The zero-order valence-electron chi connectivity index (χ0n) is 12.6. The monoisotopic (exact) mass is 324 g/mol. The van der Waals surface area contributed by atoms with Gasteiger partial charge < -0.3 is 15.3 Å².